The van der Waals surface area contributed by atoms with Gasteiger partial charge in [0.25, 0.3) is 0 Å². The molecule has 0 saturated carbocycles. The number of hydrogen-bond donors (Lipinski definition) is 0. The molecule has 1 unspecified atom stereocenters. The van der Waals surface area contributed by atoms with Gasteiger partial charge in [0.05, 0.1) is 12.9 Å². The van der Waals surface area contributed by atoms with Crippen LogP contribution < -0.4 is 9.64 Å². The van der Waals surface area contributed by atoms with E-state index in [9.17, 15) is 4.79 Å². The van der Waals surface area contributed by atoms with Crippen LogP contribution in [0.5, 0.6) is 5.75 Å². The fourth-order valence-corrected chi connectivity index (χ4v) is 3.95. The van der Waals surface area contributed by atoms with Crippen molar-refractivity contribution in [3.63, 3.8) is 0 Å². The Kier molecular flexibility index (Phi) is 5.00. The first-order valence-corrected chi connectivity index (χ1v) is 8.94. The van der Waals surface area contributed by atoms with E-state index >= 15 is 0 Å². The Labute approximate surface area is 147 Å². The van der Waals surface area contributed by atoms with Crippen LogP contribution in [0.4, 0.5) is 5.69 Å². The van der Waals surface area contributed by atoms with Crippen LogP contribution in [-0.2, 0) is 11.3 Å². The lowest BCUT2D eigenvalue weighted by Crippen LogP contribution is -2.27. The molecule has 126 valence electrons. The summed E-state index contributed by atoms with van der Waals surface area (Å²) in [6.07, 6.45) is 0. The van der Waals surface area contributed by atoms with Crippen LogP contribution in [-0.4, -0.2) is 37.8 Å². The van der Waals surface area contributed by atoms with Gasteiger partial charge in [-0.1, -0.05) is 24.3 Å². The lowest BCUT2D eigenvalue weighted by Gasteiger charge is -2.25. The predicted octanol–water partition coefficient (Wildman–Crippen LogP) is 3.54. The number of anilines is 1. The molecule has 4 nitrogen and oxygen atoms in total. The number of nitrogens with zero attached hydrogens (tertiary/aromatic N) is 2. The molecule has 0 N–H and O–H groups in total. The number of carbonyl (C=O) groups excluding carboxylic acids is 1. The van der Waals surface area contributed by atoms with Crippen molar-refractivity contribution in [2.75, 3.05) is 31.9 Å². The van der Waals surface area contributed by atoms with Gasteiger partial charge in [0.2, 0.25) is 5.91 Å². The minimum absolute atomic E-state index is 0.0666. The summed E-state index contributed by atoms with van der Waals surface area (Å²) in [5.41, 5.74) is 3.44. The Morgan fingerprint density at radius 1 is 1.12 bits per heavy atom. The molecule has 24 heavy (non-hydrogen) atoms. The number of hydrogen-bond acceptors (Lipinski definition) is 4. The summed E-state index contributed by atoms with van der Waals surface area (Å²) in [6, 6.07) is 16.3. The van der Waals surface area contributed by atoms with E-state index in [1.807, 2.05) is 43.3 Å². The molecular weight excluding hydrogens is 320 g/mol. The molecule has 0 bridgehead atoms. The number of methoxy groups -OCH3 is 1. The number of ether oxygens (including phenoxy) is 1. The van der Waals surface area contributed by atoms with Crippen molar-refractivity contribution in [3.05, 3.63) is 59.7 Å². The molecule has 1 aliphatic heterocycles. The van der Waals surface area contributed by atoms with Gasteiger partial charge in [-0.15, -0.1) is 11.8 Å². The Morgan fingerprint density at radius 2 is 1.79 bits per heavy atom. The maximum absolute atomic E-state index is 12.3. The fourth-order valence-electron chi connectivity index (χ4n) is 2.77. The zero-order chi connectivity index (χ0) is 17.1. The zero-order valence-electron chi connectivity index (χ0n) is 14.2. The maximum atomic E-state index is 12.3. The maximum Gasteiger partial charge on any atom is 0.234 e. The van der Waals surface area contributed by atoms with Crippen molar-refractivity contribution in [1.29, 1.82) is 0 Å². The highest BCUT2D eigenvalue weighted by Gasteiger charge is 2.32. The van der Waals surface area contributed by atoms with Crippen molar-refractivity contribution in [2.24, 2.45) is 0 Å². The van der Waals surface area contributed by atoms with Gasteiger partial charge in [-0.05, 0) is 35.4 Å². The molecule has 2 aromatic carbocycles. The van der Waals surface area contributed by atoms with E-state index in [1.54, 1.807) is 18.9 Å². The lowest BCUT2D eigenvalue weighted by atomic mass is 10.1. The van der Waals surface area contributed by atoms with Crippen molar-refractivity contribution >= 4 is 23.4 Å². The van der Waals surface area contributed by atoms with E-state index in [-0.39, 0.29) is 11.3 Å². The van der Waals surface area contributed by atoms with Crippen LogP contribution in [0.15, 0.2) is 48.5 Å². The molecule has 2 aromatic rings. The molecule has 1 amide bonds. The van der Waals surface area contributed by atoms with Gasteiger partial charge >= 0.3 is 0 Å². The molecule has 0 aromatic heterocycles. The number of thioether (sulfide) groups is 1. The number of rotatable bonds is 5. The molecule has 1 heterocycles. The van der Waals surface area contributed by atoms with Crippen molar-refractivity contribution < 1.29 is 9.53 Å². The molecule has 1 aliphatic rings. The quantitative estimate of drug-likeness (QED) is 0.832. The van der Waals surface area contributed by atoms with Gasteiger partial charge in [0.1, 0.15) is 11.1 Å². The summed E-state index contributed by atoms with van der Waals surface area (Å²) >= 11 is 1.68. The number of carbonyl (C=O) groups is 1. The van der Waals surface area contributed by atoms with Crippen molar-refractivity contribution in [2.45, 2.75) is 11.9 Å². The fraction of sp³-hybridized carbons (Fsp3) is 0.316. The highest BCUT2D eigenvalue weighted by atomic mass is 32.2. The summed E-state index contributed by atoms with van der Waals surface area (Å²) in [5, 5.41) is 0.0666. The second-order valence-electron chi connectivity index (χ2n) is 6.02. The SMILES string of the molecule is COc1ccc(C2SCC(=O)N2Cc2ccc(N(C)C)cc2)cc1. The average molecular weight is 342 g/mol. The van der Waals surface area contributed by atoms with Gasteiger partial charge in [-0.25, -0.2) is 0 Å². The zero-order valence-corrected chi connectivity index (χ0v) is 15.0. The van der Waals surface area contributed by atoms with Crippen LogP contribution >= 0.6 is 11.8 Å². The molecular formula is C19H22N2O2S. The molecule has 0 radical (unpaired) electrons. The smallest absolute Gasteiger partial charge is 0.234 e. The van der Waals surface area contributed by atoms with E-state index in [2.05, 4.69) is 29.2 Å². The Balaban J connectivity index is 1.77. The van der Waals surface area contributed by atoms with E-state index in [0.717, 1.165) is 22.6 Å². The topological polar surface area (TPSA) is 32.8 Å². The minimum Gasteiger partial charge on any atom is -0.497 e. The van der Waals surface area contributed by atoms with E-state index in [4.69, 9.17) is 4.74 Å². The van der Waals surface area contributed by atoms with Gasteiger partial charge in [-0.3, -0.25) is 4.79 Å². The van der Waals surface area contributed by atoms with E-state index in [0.29, 0.717) is 12.3 Å². The van der Waals surface area contributed by atoms with Crippen molar-refractivity contribution in [3.8, 4) is 5.75 Å². The molecule has 0 aliphatic carbocycles. The average Bonchev–Trinajstić information content (AvgIpc) is 2.96. The lowest BCUT2D eigenvalue weighted by molar-refractivity contribution is -0.128. The number of amides is 1. The van der Waals surface area contributed by atoms with Crippen molar-refractivity contribution in [1.82, 2.24) is 4.90 Å². The summed E-state index contributed by atoms with van der Waals surface area (Å²) in [6.45, 7) is 0.635. The molecule has 0 spiro atoms. The summed E-state index contributed by atoms with van der Waals surface area (Å²) in [5.74, 6) is 1.56. The third kappa shape index (κ3) is 3.51. The first kappa shape index (κ1) is 16.7. The van der Waals surface area contributed by atoms with E-state index in [1.165, 1.54) is 0 Å². The normalized spacial score (nSPS) is 17.2. The first-order chi connectivity index (χ1) is 11.6. The molecule has 1 atom stereocenters. The summed E-state index contributed by atoms with van der Waals surface area (Å²) in [7, 11) is 5.71. The molecule has 1 saturated heterocycles. The third-order valence-electron chi connectivity index (χ3n) is 4.17. The standard InChI is InChI=1S/C19H22N2O2S/c1-20(2)16-8-4-14(5-9-16)12-21-18(22)13-24-19(21)15-6-10-17(23-3)11-7-15/h4-11,19H,12-13H2,1-3H3. The second kappa shape index (κ2) is 7.18. The van der Waals surface area contributed by atoms with Gasteiger partial charge < -0.3 is 14.5 Å². The third-order valence-corrected chi connectivity index (χ3v) is 5.43. The number of benzene rings is 2. The largest absolute Gasteiger partial charge is 0.497 e. The molecule has 5 heteroatoms. The highest BCUT2D eigenvalue weighted by Crippen LogP contribution is 2.40. The van der Waals surface area contributed by atoms with Crippen LogP contribution in [0.25, 0.3) is 0 Å². The van der Waals surface area contributed by atoms with Crippen LogP contribution in [0.3, 0.4) is 0 Å². The minimum atomic E-state index is 0.0666. The Bertz CT molecular complexity index is 698. The monoisotopic (exact) mass is 342 g/mol. The summed E-state index contributed by atoms with van der Waals surface area (Å²) in [4.78, 5) is 16.4. The van der Waals surface area contributed by atoms with Gasteiger partial charge in [0.15, 0.2) is 0 Å². The Morgan fingerprint density at radius 3 is 2.38 bits per heavy atom. The molecule has 3 rings (SSSR count). The molecule has 1 fully saturated rings. The van der Waals surface area contributed by atoms with Crippen LogP contribution in [0.1, 0.15) is 16.5 Å². The van der Waals surface area contributed by atoms with Gasteiger partial charge in [-0.2, -0.15) is 0 Å². The second-order valence-corrected chi connectivity index (χ2v) is 7.09. The first-order valence-electron chi connectivity index (χ1n) is 7.90. The van der Waals surface area contributed by atoms with Gasteiger partial charge in [0, 0.05) is 26.3 Å². The highest BCUT2D eigenvalue weighted by molar-refractivity contribution is 8.00. The van der Waals surface area contributed by atoms with Crippen LogP contribution in [0, 0.1) is 0 Å². The Hall–Kier alpha value is -2.14. The summed E-state index contributed by atoms with van der Waals surface area (Å²) < 4.78 is 5.21. The van der Waals surface area contributed by atoms with Crippen LogP contribution in [0.2, 0.25) is 0 Å². The predicted molar refractivity (Wildman–Crippen MR) is 99.5 cm³/mol. The van der Waals surface area contributed by atoms with E-state index < -0.39 is 0 Å².